The largest absolute Gasteiger partial charge is 0.491 e. The molecule has 1 fully saturated rings. The average molecular weight is 531 g/mol. The molecule has 0 bridgehead atoms. The molecule has 6 nitrogen and oxygen atoms in total. The number of fused-ring (bicyclic) bond motifs is 1. The number of nitrogens with one attached hydrogen (secondary N) is 1. The molecule has 1 amide bonds. The number of sulfonamides is 1. The number of amides is 1. The van der Waals surface area contributed by atoms with E-state index in [0.717, 1.165) is 26.6 Å². The second-order valence-corrected chi connectivity index (χ2v) is 11.1. The Kier molecular flexibility index (Phi) is 7.67. The van der Waals surface area contributed by atoms with E-state index in [1.165, 1.54) is 4.31 Å². The average Bonchev–Trinajstić information content (AvgIpc) is 2.83. The molecule has 8 heteroatoms. The minimum atomic E-state index is -3.40. The minimum Gasteiger partial charge on any atom is -0.491 e. The van der Waals surface area contributed by atoms with E-state index in [9.17, 15) is 13.2 Å². The first-order valence-corrected chi connectivity index (χ1v) is 13.4. The Labute approximate surface area is 203 Å². The van der Waals surface area contributed by atoms with E-state index < -0.39 is 10.0 Å². The summed E-state index contributed by atoms with van der Waals surface area (Å²) in [7, 11) is -3.40. The van der Waals surface area contributed by atoms with Crippen LogP contribution < -0.4 is 10.1 Å². The molecule has 0 aromatic heterocycles. The summed E-state index contributed by atoms with van der Waals surface area (Å²) in [6.45, 7) is 1.51. The monoisotopic (exact) mass is 530 g/mol. The molecule has 0 saturated carbocycles. The lowest BCUT2D eigenvalue weighted by molar-refractivity contribution is -0.126. The molecule has 1 aliphatic heterocycles. The highest BCUT2D eigenvalue weighted by Crippen LogP contribution is 2.25. The van der Waals surface area contributed by atoms with Crippen molar-refractivity contribution in [3.05, 3.63) is 76.8 Å². The summed E-state index contributed by atoms with van der Waals surface area (Å²) in [6, 6.07) is 21.2. The van der Waals surface area contributed by atoms with E-state index in [-0.39, 0.29) is 17.6 Å². The molecule has 1 saturated heterocycles. The van der Waals surface area contributed by atoms with E-state index in [1.807, 2.05) is 66.7 Å². The molecular weight excluding hydrogens is 504 g/mol. The van der Waals surface area contributed by atoms with Crippen molar-refractivity contribution in [2.45, 2.75) is 18.6 Å². The van der Waals surface area contributed by atoms with Crippen molar-refractivity contribution in [2.75, 3.05) is 26.2 Å². The third kappa shape index (κ3) is 6.13. The molecule has 0 unspecified atom stereocenters. The predicted molar refractivity (Wildman–Crippen MR) is 134 cm³/mol. The van der Waals surface area contributed by atoms with Crippen LogP contribution in [-0.2, 0) is 20.6 Å². The van der Waals surface area contributed by atoms with Crippen LogP contribution in [-0.4, -0.2) is 44.9 Å². The first kappa shape index (κ1) is 23.7. The molecule has 0 radical (unpaired) electrons. The molecule has 0 aliphatic carbocycles. The van der Waals surface area contributed by atoms with Gasteiger partial charge in [0.15, 0.2) is 0 Å². The van der Waals surface area contributed by atoms with Gasteiger partial charge in [-0.05, 0) is 42.0 Å². The summed E-state index contributed by atoms with van der Waals surface area (Å²) in [6.07, 6.45) is 1.05. The molecule has 3 aromatic rings. The van der Waals surface area contributed by atoms with Crippen molar-refractivity contribution in [3.63, 3.8) is 0 Å². The van der Waals surface area contributed by atoms with Crippen molar-refractivity contribution in [1.82, 2.24) is 9.62 Å². The van der Waals surface area contributed by atoms with E-state index in [0.29, 0.717) is 39.1 Å². The van der Waals surface area contributed by atoms with Gasteiger partial charge in [-0.1, -0.05) is 64.5 Å². The van der Waals surface area contributed by atoms with E-state index >= 15 is 0 Å². The molecule has 33 heavy (non-hydrogen) atoms. The third-order valence-electron chi connectivity index (χ3n) is 5.89. The Bertz CT molecular complexity index is 1200. The summed E-state index contributed by atoms with van der Waals surface area (Å²) < 4.78 is 33.8. The van der Waals surface area contributed by atoms with Gasteiger partial charge in [-0.2, -0.15) is 0 Å². The highest BCUT2D eigenvalue weighted by Gasteiger charge is 2.31. The maximum absolute atomic E-state index is 12.8. The van der Waals surface area contributed by atoms with Crippen LogP contribution in [0.3, 0.4) is 0 Å². The lowest BCUT2D eigenvalue weighted by Crippen LogP contribution is -2.43. The van der Waals surface area contributed by atoms with Crippen molar-refractivity contribution in [1.29, 1.82) is 0 Å². The molecule has 1 heterocycles. The normalized spacial score (nSPS) is 15.4. The first-order chi connectivity index (χ1) is 15.9. The van der Waals surface area contributed by atoms with Gasteiger partial charge in [0.2, 0.25) is 15.9 Å². The minimum absolute atomic E-state index is 0.0251. The number of piperidine rings is 1. The fourth-order valence-corrected chi connectivity index (χ4v) is 5.91. The van der Waals surface area contributed by atoms with Crippen molar-refractivity contribution in [2.24, 2.45) is 5.92 Å². The van der Waals surface area contributed by atoms with E-state index in [1.54, 1.807) is 0 Å². The highest BCUT2D eigenvalue weighted by molar-refractivity contribution is 9.10. The number of carbonyl (C=O) groups is 1. The molecule has 0 spiro atoms. The topological polar surface area (TPSA) is 75.7 Å². The standard InChI is InChI=1S/C25H27BrN2O4S/c26-22-10-8-19(9-11-22)18-33(30,31)28-15-12-21(13-16-28)25(29)27-14-17-32-24-7-3-5-20-4-1-2-6-23(20)24/h1-11,21H,12-18H2,(H,27,29). The van der Waals surface area contributed by atoms with Gasteiger partial charge in [0, 0.05) is 28.9 Å². The van der Waals surface area contributed by atoms with Gasteiger partial charge in [-0.3, -0.25) is 4.79 Å². The van der Waals surface area contributed by atoms with Gasteiger partial charge in [-0.15, -0.1) is 0 Å². The summed E-state index contributed by atoms with van der Waals surface area (Å²) >= 11 is 3.36. The predicted octanol–water partition coefficient (Wildman–Crippen LogP) is 4.34. The van der Waals surface area contributed by atoms with Gasteiger partial charge in [0.05, 0.1) is 12.3 Å². The molecule has 1 N–H and O–H groups in total. The Morgan fingerprint density at radius 1 is 1.00 bits per heavy atom. The van der Waals surface area contributed by atoms with Crippen LogP contribution >= 0.6 is 15.9 Å². The number of hydrogen-bond acceptors (Lipinski definition) is 4. The van der Waals surface area contributed by atoms with Gasteiger partial charge in [-0.25, -0.2) is 12.7 Å². The third-order valence-corrected chi connectivity index (χ3v) is 8.27. The van der Waals surface area contributed by atoms with Crippen LogP contribution in [0.25, 0.3) is 10.8 Å². The van der Waals surface area contributed by atoms with E-state index in [2.05, 4.69) is 21.2 Å². The summed E-state index contributed by atoms with van der Waals surface area (Å²) in [5.41, 5.74) is 0.754. The number of rotatable bonds is 8. The van der Waals surface area contributed by atoms with Crippen LogP contribution in [0.5, 0.6) is 5.75 Å². The van der Waals surface area contributed by atoms with Crippen LogP contribution in [0, 0.1) is 5.92 Å². The first-order valence-electron chi connectivity index (χ1n) is 11.0. The molecule has 0 atom stereocenters. The zero-order valence-corrected chi connectivity index (χ0v) is 20.6. The number of nitrogens with zero attached hydrogens (tertiary/aromatic N) is 1. The molecule has 1 aliphatic rings. The Morgan fingerprint density at radius 2 is 1.70 bits per heavy atom. The maximum Gasteiger partial charge on any atom is 0.223 e. The Morgan fingerprint density at radius 3 is 2.45 bits per heavy atom. The molecular formula is C25H27BrN2O4S. The second kappa shape index (κ2) is 10.7. The Balaban J connectivity index is 1.22. The van der Waals surface area contributed by atoms with Crippen LogP contribution in [0.4, 0.5) is 0 Å². The lowest BCUT2D eigenvalue weighted by atomic mass is 9.97. The van der Waals surface area contributed by atoms with Crippen LogP contribution in [0.15, 0.2) is 71.2 Å². The van der Waals surface area contributed by atoms with Gasteiger partial charge >= 0.3 is 0 Å². The summed E-state index contributed by atoms with van der Waals surface area (Å²) in [4.78, 5) is 12.6. The number of benzene rings is 3. The van der Waals surface area contributed by atoms with Crippen molar-refractivity contribution in [3.8, 4) is 5.75 Å². The van der Waals surface area contributed by atoms with Crippen LogP contribution in [0.2, 0.25) is 0 Å². The lowest BCUT2D eigenvalue weighted by Gasteiger charge is -2.30. The van der Waals surface area contributed by atoms with Crippen molar-refractivity contribution < 1.29 is 17.9 Å². The zero-order chi connectivity index (χ0) is 23.3. The number of carbonyl (C=O) groups excluding carboxylic acids is 1. The number of halogens is 1. The quantitative estimate of drug-likeness (QED) is 0.439. The SMILES string of the molecule is O=C(NCCOc1cccc2ccccc12)C1CCN(S(=O)(=O)Cc2ccc(Br)cc2)CC1. The maximum atomic E-state index is 12.8. The summed E-state index contributed by atoms with van der Waals surface area (Å²) in [5, 5.41) is 5.09. The highest BCUT2D eigenvalue weighted by atomic mass is 79.9. The van der Waals surface area contributed by atoms with Crippen molar-refractivity contribution >= 4 is 42.6 Å². The zero-order valence-electron chi connectivity index (χ0n) is 18.2. The Hall–Kier alpha value is -2.42. The molecule has 3 aromatic carbocycles. The van der Waals surface area contributed by atoms with Crippen LogP contribution in [0.1, 0.15) is 18.4 Å². The fourth-order valence-electron chi connectivity index (χ4n) is 4.08. The molecule has 4 rings (SSSR count). The van der Waals surface area contributed by atoms with Gasteiger partial charge in [0.25, 0.3) is 0 Å². The van der Waals surface area contributed by atoms with E-state index in [4.69, 9.17) is 4.74 Å². The number of ether oxygens (including phenoxy) is 1. The van der Waals surface area contributed by atoms with Gasteiger partial charge < -0.3 is 10.1 Å². The smallest absolute Gasteiger partial charge is 0.223 e. The number of hydrogen-bond donors (Lipinski definition) is 1. The second-order valence-electron chi connectivity index (χ2n) is 8.17. The fraction of sp³-hybridized carbons (Fsp3) is 0.320. The molecule has 174 valence electrons. The van der Waals surface area contributed by atoms with Gasteiger partial charge in [0.1, 0.15) is 12.4 Å². The summed E-state index contributed by atoms with van der Waals surface area (Å²) in [5.74, 6) is 0.553.